The summed E-state index contributed by atoms with van der Waals surface area (Å²) in [6, 6.07) is 7.90. The number of H-pyrrole nitrogens is 1. The molecule has 0 saturated carbocycles. The second-order valence-electron chi connectivity index (χ2n) is 5.62. The first-order chi connectivity index (χ1) is 11.3. The van der Waals surface area contributed by atoms with E-state index in [0.717, 1.165) is 61.0 Å². The van der Waals surface area contributed by atoms with Crippen molar-refractivity contribution < 1.29 is 4.74 Å². The van der Waals surface area contributed by atoms with Crippen LogP contribution in [-0.4, -0.2) is 42.7 Å². The standard InChI is InChI=1S/C17H23N3O2S/c1-2-22-14-7-4-3-6-13(14)16-15(23-17(21)19-16)12-20-10-5-8-18-9-11-20/h3-4,6-7,18H,2,5,8-12H2,1H3,(H,19,21). The van der Waals surface area contributed by atoms with Crippen molar-refractivity contribution in [3.8, 4) is 17.0 Å². The van der Waals surface area contributed by atoms with Crippen molar-refractivity contribution in [2.24, 2.45) is 0 Å². The lowest BCUT2D eigenvalue weighted by Crippen LogP contribution is -2.27. The number of para-hydroxylation sites is 1. The van der Waals surface area contributed by atoms with Gasteiger partial charge in [-0.05, 0) is 38.6 Å². The number of rotatable bonds is 5. The monoisotopic (exact) mass is 333 g/mol. The summed E-state index contributed by atoms with van der Waals surface area (Å²) in [5.41, 5.74) is 1.87. The smallest absolute Gasteiger partial charge is 0.305 e. The summed E-state index contributed by atoms with van der Waals surface area (Å²) >= 11 is 1.31. The number of hydrogen-bond donors (Lipinski definition) is 2. The molecule has 1 fully saturated rings. The van der Waals surface area contributed by atoms with Crippen LogP contribution in [-0.2, 0) is 6.54 Å². The van der Waals surface area contributed by atoms with Gasteiger partial charge in [0.05, 0.1) is 12.3 Å². The number of nitrogens with zero attached hydrogens (tertiary/aromatic N) is 1. The fourth-order valence-corrected chi connectivity index (χ4v) is 3.79. The van der Waals surface area contributed by atoms with Crippen LogP contribution in [0.25, 0.3) is 11.3 Å². The molecule has 3 rings (SSSR count). The van der Waals surface area contributed by atoms with Gasteiger partial charge in [-0.1, -0.05) is 23.5 Å². The Kier molecular flexibility index (Phi) is 5.48. The highest BCUT2D eigenvalue weighted by Gasteiger charge is 2.17. The average molecular weight is 333 g/mol. The van der Waals surface area contributed by atoms with Crippen LogP contribution in [0.5, 0.6) is 5.75 Å². The van der Waals surface area contributed by atoms with Gasteiger partial charge in [-0.3, -0.25) is 9.69 Å². The van der Waals surface area contributed by atoms with E-state index in [0.29, 0.717) is 6.61 Å². The first-order valence-corrected chi connectivity index (χ1v) is 8.97. The third-order valence-electron chi connectivity index (χ3n) is 3.98. The van der Waals surface area contributed by atoms with Crippen LogP contribution in [0.1, 0.15) is 18.2 Å². The van der Waals surface area contributed by atoms with E-state index < -0.39 is 0 Å². The molecule has 0 unspecified atom stereocenters. The molecule has 0 bridgehead atoms. The number of nitrogens with one attached hydrogen (secondary N) is 2. The second-order valence-corrected chi connectivity index (χ2v) is 6.69. The highest BCUT2D eigenvalue weighted by atomic mass is 32.1. The fourth-order valence-electron chi connectivity index (χ4n) is 2.91. The summed E-state index contributed by atoms with van der Waals surface area (Å²) in [7, 11) is 0. The molecule has 0 spiro atoms. The first-order valence-electron chi connectivity index (χ1n) is 8.15. The molecule has 1 aromatic heterocycles. The Balaban J connectivity index is 1.90. The molecule has 6 heteroatoms. The van der Waals surface area contributed by atoms with Crippen LogP contribution in [0.2, 0.25) is 0 Å². The molecule has 124 valence electrons. The largest absolute Gasteiger partial charge is 0.493 e. The summed E-state index contributed by atoms with van der Waals surface area (Å²) in [4.78, 5) is 18.5. The third kappa shape index (κ3) is 4.02. The molecule has 5 nitrogen and oxygen atoms in total. The molecule has 1 saturated heterocycles. The maximum atomic E-state index is 12.0. The molecule has 2 heterocycles. The molecule has 0 amide bonds. The number of hydrogen-bond acceptors (Lipinski definition) is 5. The Morgan fingerprint density at radius 3 is 3.00 bits per heavy atom. The summed E-state index contributed by atoms with van der Waals surface area (Å²) in [6.45, 7) is 7.53. The van der Waals surface area contributed by atoms with Crippen LogP contribution < -0.4 is 14.9 Å². The lowest BCUT2D eigenvalue weighted by Gasteiger charge is -2.19. The van der Waals surface area contributed by atoms with E-state index in [2.05, 4.69) is 15.2 Å². The molecule has 1 aromatic carbocycles. The van der Waals surface area contributed by atoms with Gasteiger partial charge in [-0.2, -0.15) is 0 Å². The van der Waals surface area contributed by atoms with E-state index in [4.69, 9.17) is 4.74 Å². The minimum Gasteiger partial charge on any atom is -0.493 e. The number of ether oxygens (including phenoxy) is 1. The van der Waals surface area contributed by atoms with Crippen LogP contribution in [0, 0.1) is 0 Å². The summed E-state index contributed by atoms with van der Waals surface area (Å²) < 4.78 is 5.72. The first kappa shape index (κ1) is 16.2. The summed E-state index contributed by atoms with van der Waals surface area (Å²) in [5, 5.41) is 3.41. The summed E-state index contributed by atoms with van der Waals surface area (Å²) in [5.74, 6) is 0.822. The zero-order valence-corrected chi connectivity index (χ0v) is 14.2. The van der Waals surface area contributed by atoms with Gasteiger partial charge >= 0.3 is 4.87 Å². The Labute approximate surface area is 140 Å². The van der Waals surface area contributed by atoms with Crippen molar-refractivity contribution >= 4 is 11.3 Å². The van der Waals surface area contributed by atoms with Gasteiger partial charge in [0.2, 0.25) is 0 Å². The van der Waals surface area contributed by atoms with Crippen molar-refractivity contribution in [3.63, 3.8) is 0 Å². The van der Waals surface area contributed by atoms with Gasteiger partial charge in [0.1, 0.15) is 5.75 Å². The van der Waals surface area contributed by atoms with E-state index in [1.54, 1.807) is 0 Å². The zero-order valence-electron chi connectivity index (χ0n) is 13.4. The number of benzene rings is 1. The second kappa shape index (κ2) is 7.77. The highest BCUT2D eigenvalue weighted by molar-refractivity contribution is 7.09. The van der Waals surface area contributed by atoms with Gasteiger partial charge in [0.15, 0.2) is 0 Å². The minimum absolute atomic E-state index is 0.00533. The highest BCUT2D eigenvalue weighted by Crippen LogP contribution is 2.32. The van der Waals surface area contributed by atoms with Crippen LogP contribution in [0.3, 0.4) is 0 Å². The van der Waals surface area contributed by atoms with Crippen LogP contribution in [0.15, 0.2) is 29.1 Å². The molecule has 2 aromatic rings. The maximum Gasteiger partial charge on any atom is 0.305 e. The normalized spacial score (nSPS) is 16.2. The topological polar surface area (TPSA) is 57.4 Å². The predicted molar refractivity (Wildman–Crippen MR) is 94.3 cm³/mol. The van der Waals surface area contributed by atoms with E-state index >= 15 is 0 Å². The molecule has 1 aliphatic heterocycles. The van der Waals surface area contributed by atoms with Crippen LogP contribution in [0.4, 0.5) is 0 Å². The van der Waals surface area contributed by atoms with Crippen molar-refractivity contribution in [3.05, 3.63) is 38.8 Å². The van der Waals surface area contributed by atoms with Gasteiger partial charge in [-0.25, -0.2) is 0 Å². The molecule has 1 aliphatic rings. The van der Waals surface area contributed by atoms with Crippen molar-refractivity contribution in [1.29, 1.82) is 0 Å². The zero-order chi connectivity index (χ0) is 16.1. The van der Waals surface area contributed by atoms with Gasteiger partial charge in [-0.15, -0.1) is 0 Å². The van der Waals surface area contributed by atoms with Crippen molar-refractivity contribution in [1.82, 2.24) is 15.2 Å². The lowest BCUT2D eigenvalue weighted by atomic mass is 10.1. The Bertz CT molecular complexity index is 687. The lowest BCUT2D eigenvalue weighted by molar-refractivity contribution is 0.287. The van der Waals surface area contributed by atoms with E-state index in [1.165, 1.54) is 11.3 Å². The van der Waals surface area contributed by atoms with Gasteiger partial charge in [0, 0.05) is 30.1 Å². The SMILES string of the molecule is CCOc1ccccc1-c1[nH]c(=O)sc1CN1CCCNCC1. The average Bonchev–Trinajstić information content (AvgIpc) is 2.74. The Morgan fingerprint density at radius 2 is 2.13 bits per heavy atom. The molecule has 0 atom stereocenters. The number of aromatic amines is 1. The van der Waals surface area contributed by atoms with Gasteiger partial charge < -0.3 is 15.0 Å². The van der Waals surface area contributed by atoms with E-state index in [9.17, 15) is 4.79 Å². The predicted octanol–water partition coefficient (Wildman–Crippen LogP) is 2.30. The van der Waals surface area contributed by atoms with Crippen molar-refractivity contribution in [2.45, 2.75) is 19.9 Å². The molecule has 0 aliphatic carbocycles. The molecule has 0 radical (unpaired) electrons. The number of aromatic nitrogens is 1. The van der Waals surface area contributed by atoms with E-state index in [1.807, 2.05) is 31.2 Å². The minimum atomic E-state index is -0.00533. The van der Waals surface area contributed by atoms with E-state index in [-0.39, 0.29) is 4.87 Å². The van der Waals surface area contributed by atoms with Gasteiger partial charge in [0.25, 0.3) is 0 Å². The third-order valence-corrected chi connectivity index (χ3v) is 4.85. The number of thiazole rings is 1. The summed E-state index contributed by atoms with van der Waals surface area (Å²) in [6.07, 6.45) is 1.14. The molecule has 23 heavy (non-hydrogen) atoms. The quantitative estimate of drug-likeness (QED) is 0.881. The van der Waals surface area contributed by atoms with Crippen molar-refractivity contribution in [2.75, 3.05) is 32.8 Å². The Hall–Kier alpha value is -1.63. The molecular formula is C17H23N3O2S. The molecule has 2 N–H and O–H groups in total. The maximum absolute atomic E-state index is 12.0. The van der Waals surface area contributed by atoms with Crippen LogP contribution >= 0.6 is 11.3 Å². The fraction of sp³-hybridized carbons (Fsp3) is 0.471. The molecular weight excluding hydrogens is 310 g/mol. The Morgan fingerprint density at radius 1 is 1.26 bits per heavy atom.